The van der Waals surface area contributed by atoms with Crippen molar-refractivity contribution in [1.29, 1.82) is 0 Å². The number of hydrogen-bond donors (Lipinski definition) is 0. The molecule has 0 saturated heterocycles. The normalized spacial score (nSPS) is 14.5. The average molecular weight is 1490 g/mol. The minimum absolute atomic E-state index is 0.0844. The van der Waals surface area contributed by atoms with Gasteiger partial charge in [0.1, 0.15) is 0 Å². The van der Waals surface area contributed by atoms with Gasteiger partial charge in [-0.3, -0.25) is 0 Å². The fraction of sp³-hybridized carbons (Fsp3) is 0.156. The summed E-state index contributed by atoms with van der Waals surface area (Å²) in [7, 11) is 0. The predicted molar refractivity (Wildman–Crippen MR) is 480 cm³/mol. The van der Waals surface area contributed by atoms with Gasteiger partial charge in [0, 0.05) is 42.9 Å². The van der Waals surface area contributed by atoms with Gasteiger partial charge in [0.05, 0.1) is 5.69 Å². The zero-order valence-corrected chi connectivity index (χ0v) is 67.0. The number of benzene rings is 18. The van der Waals surface area contributed by atoms with E-state index in [4.69, 9.17) is 0 Å². The molecule has 0 N–H and O–H groups in total. The molecule has 18 aromatic carbocycles. The molecule has 4 aliphatic carbocycles. The minimum Gasteiger partial charge on any atom is -0.310 e. The molecule has 0 saturated carbocycles. The summed E-state index contributed by atoms with van der Waals surface area (Å²) in [6.45, 7) is 28.0. The fourth-order valence-electron chi connectivity index (χ4n) is 20.4. The largest absolute Gasteiger partial charge is 0.310 e. The van der Waals surface area contributed by atoms with Gasteiger partial charge in [-0.15, -0.1) is 0 Å². The van der Waals surface area contributed by atoms with Gasteiger partial charge in [-0.05, 0) is 311 Å². The number of rotatable bonds is 5. The van der Waals surface area contributed by atoms with Crippen LogP contribution in [0.2, 0.25) is 0 Å². The molecule has 111 heavy (non-hydrogen) atoms. The average Bonchev–Trinajstić information content (AvgIpc) is 1.56. The van der Waals surface area contributed by atoms with Gasteiger partial charge in [-0.2, -0.15) is 0 Å². The molecule has 18 aromatic rings. The second-order valence-corrected chi connectivity index (χ2v) is 35.2. The summed E-state index contributed by atoms with van der Waals surface area (Å²) in [5, 5.41) is 21.2. The maximum atomic E-state index is 3.90. The van der Waals surface area contributed by atoms with Gasteiger partial charge in [0.15, 0.2) is 0 Å². The topological polar surface area (TPSA) is 3.24 Å². The van der Waals surface area contributed by atoms with Crippen molar-refractivity contribution in [2.75, 3.05) is 4.90 Å². The van der Waals surface area contributed by atoms with Crippen LogP contribution in [0.5, 0.6) is 0 Å². The quantitative estimate of drug-likeness (QED) is 0.155. The molecule has 0 bridgehead atoms. The van der Waals surface area contributed by atoms with Crippen LogP contribution in [0, 0.1) is 27.7 Å². The van der Waals surface area contributed by atoms with E-state index in [2.05, 4.69) is 407 Å². The second-order valence-electron chi connectivity index (χ2n) is 34.3. The molecule has 0 spiro atoms. The summed E-state index contributed by atoms with van der Waals surface area (Å²) < 4.78 is 1.18. The van der Waals surface area contributed by atoms with Crippen molar-refractivity contribution in [3.05, 3.63) is 386 Å². The van der Waals surface area contributed by atoms with E-state index in [-0.39, 0.29) is 21.7 Å². The zero-order chi connectivity index (χ0) is 75.9. The van der Waals surface area contributed by atoms with Crippen LogP contribution in [0.4, 0.5) is 17.1 Å². The number of aryl methyl sites for hydroxylation is 4. The summed E-state index contributed by atoms with van der Waals surface area (Å²) in [4.78, 5) is 2.47. The number of hydrogen-bond acceptors (Lipinski definition) is 1. The molecule has 0 aromatic heterocycles. The Morgan fingerprint density at radius 2 is 0.505 bits per heavy atom. The van der Waals surface area contributed by atoms with Crippen molar-refractivity contribution < 1.29 is 0 Å². The highest BCUT2D eigenvalue weighted by Crippen LogP contribution is 2.62. The van der Waals surface area contributed by atoms with Crippen LogP contribution < -0.4 is 4.90 Å². The molecular formula is C109H88BrN. The summed E-state index contributed by atoms with van der Waals surface area (Å²) >= 11 is 3.90. The van der Waals surface area contributed by atoms with Crippen molar-refractivity contribution in [3.63, 3.8) is 0 Å². The second kappa shape index (κ2) is 25.2. The maximum absolute atomic E-state index is 3.90. The Hall–Kier alpha value is -11.7. The van der Waals surface area contributed by atoms with Gasteiger partial charge >= 0.3 is 0 Å². The highest BCUT2D eigenvalue weighted by atomic mass is 79.9. The Balaban J connectivity index is 0.000000126. The van der Waals surface area contributed by atoms with Gasteiger partial charge in [0.2, 0.25) is 0 Å². The van der Waals surface area contributed by atoms with Crippen LogP contribution in [0.25, 0.3) is 131 Å². The fourth-order valence-corrected chi connectivity index (χ4v) is 20.9. The summed E-state index contributed by atoms with van der Waals surface area (Å²) in [6.07, 6.45) is 1.03. The van der Waals surface area contributed by atoms with Crippen molar-refractivity contribution in [2.45, 2.75) is 111 Å². The predicted octanol–water partition coefficient (Wildman–Crippen LogP) is 30.6. The first-order valence-electron chi connectivity index (χ1n) is 39.6. The molecule has 0 aliphatic heterocycles. The third-order valence-corrected chi connectivity index (χ3v) is 26.6. The molecule has 1 nitrogen and oxygen atoms in total. The molecule has 4 aliphatic rings. The summed E-state index contributed by atoms with van der Waals surface area (Å²) in [6, 6.07) is 114. The number of halogens is 1. The number of anilines is 3. The Labute approximate surface area is 660 Å². The highest BCUT2D eigenvalue weighted by Gasteiger charge is 2.45. The smallest absolute Gasteiger partial charge is 0.0543 e. The minimum atomic E-state index is -0.212. The molecule has 0 heterocycles. The van der Waals surface area contributed by atoms with Crippen LogP contribution in [0.3, 0.4) is 0 Å². The van der Waals surface area contributed by atoms with Gasteiger partial charge in [0.25, 0.3) is 0 Å². The number of fused-ring (bicyclic) bond motifs is 28. The van der Waals surface area contributed by atoms with Gasteiger partial charge in [-0.1, -0.05) is 301 Å². The van der Waals surface area contributed by atoms with E-state index in [1.807, 2.05) is 0 Å². The number of nitrogens with zero attached hydrogens (tertiary/aromatic N) is 1. The van der Waals surface area contributed by atoms with Crippen LogP contribution in [0.15, 0.2) is 308 Å². The van der Waals surface area contributed by atoms with Crippen LogP contribution in [0.1, 0.15) is 133 Å². The van der Waals surface area contributed by atoms with Crippen molar-refractivity contribution in [1.82, 2.24) is 0 Å². The van der Waals surface area contributed by atoms with E-state index in [9.17, 15) is 0 Å². The molecule has 0 unspecified atom stereocenters. The Bertz CT molecular complexity index is 6960. The first kappa shape index (κ1) is 68.6. The third kappa shape index (κ3) is 10.5. The lowest BCUT2D eigenvalue weighted by atomic mass is 9.79. The van der Waals surface area contributed by atoms with Gasteiger partial charge < -0.3 is 4.90 Å². The van der Waals surface area contributed by atoms with E-state index in [0.29, 0.717) is 0 Å². The van der Waals surface area contributed by atoms with Crippen LogP contribution in [-0.4, -0.2) is 0 Å². The molecule has 0 fully saturated rings. The lowest BCUT2D eigenvalue weighted by molar-refractivity contribution is 0.652. The highest BCUT2D eigenvalue weighted by molar-refractivity contribution is 9.10. The third-order valence-electron chi connectivity index (χ3n) is 25.9. The Morgan fingerprint density at radius 1 is 0.225 bits per heavy atom. The van der Waals surface area contributed by atoms with Gasteiger partial charge in [-0.25, -0.2) is 0 Å². The molecule has 0 radical (unpaired) electrons. The van der Waals surface area contributed by atoms with Crippen molar-refractivity contribution in [2.24, 2.45) is 0 Å². The summed E-state index contributed by atoms with van der Waals surface area (Å²) in [5.41, 5.74) is 33.4. The zero-order valence-electron chi connectivity index (χ0n) is 65.4. The van der Waals surface area contributed by atoms with E-state index >= 15 is 0 Å². The Kier molecular flexibility index (Phi) is 15.6. The monoisotopic (exact) mass is 1490 g/mol. The molecule has 2 heteroatoms. The molecular weight excluding hydrogens is 1400 g/mol. The lowest BCUT2D eigenvalue weighted by Gasteiger charge is -2.30. The SMILES string of the molecule is CC1(C)c2cc3c(cc2-c2cc4c5ccccc5c5ccccc5c4cc21)C(C)(C)c1cc(Br)c2ccccc2c1-3.Cc1cccc(Cc2cccc(C)c2)c1.Cc1cccc(N(c2cccc(C)c2)c2cc3c(c4ccccc24)-c2cc4c(cc2C3(C)C)-c2cc3c5ccccc5c5ccccc5c3cc2C4(C)C)c1. The Morgan fingerprint density at radius 3 is 0.892 bits per heavy atom. The molecule has 22 rings (SSSR count). The first-order valence-corrected chi connectivity index (χ1v) is 40.4. The van der Waals surface area contributed by atoms with E-state index in [1.54, 1.807) is 0 Å². The van der Waals surface area contributed by atoms with Crippen LogP contribution in [-0.2, 0) is 28.1 Å². The molecule has 0 amide bonds. The van der Waals surface area contributed by atoms with Crippen molar-refractivity contribution >= 4 is 119 Å². The van der Waals surface area contributed by atoms with Crippen LogP contribution >= 0.6 is 15.9 Å². The van der Waals surface area contributed by atoms with E-state index in [0.717, 1.165) is 6.42 Å². The van der Waals surface area contributed by atoms with Crippen molar-refractivity contribution in [3.8, 4) is 44.5 Å². The standard InChI is InChI=1S/C54H43N.C40H29Br.C15H16/c1-32-15-13-17-34(25-32)55(35-18-14-16-33(2)26-35)51-31-50-52(41-24-12-11-23-40(41)51)46-30-48-45(29-49(46)54(50,5)6)44-27-42-38-21-9-7-19-36(38)37-20-8-10-22-39(37)43(42)28-47(44)53(48,3)4;1-39(2)33-18-29-25-14-8-6-12-23(25)22-11-5-7-13-24(22)28(29)17-30(33)31-19-35-32(20-34(31)39)38-27-16-10-9-15-26(27)37(41)21-36(38)40(35,3)4;1-12-5-3-7-14(9-12)11-15-8-4-6-13(2)10-15/h7-31H,1-6H3;5-21H,1-4H3;3-10H,11H2,1-2H3. The first-order chi connectivity index (χ1) is 53.6. The maximum Gasteiger partial charge on any atom is 0.0543 e. The molecule has 0 atom stereocenters. The van der Waals surface area contributed by atoms with E-state index < -0.39 is 0 Å². The van der Waals surface area contributed by atoms with E-state index in [1.165, 1.54) is 230 Å². The summed E-state index contributed by atoms with van der Waals surface area (Å²) in [5.74, 6) is 0. The molecule has 536 valence electrons. The lowest BCUT2D eigenvalue weighted by Crippen LogP contribution is -2.18.